The van der Waals surface area contributed by atoms with Crippen molar-refractivity contribution in [2.24, 2.45) is 0 Å². The van der Waals surface area contributed by atoms with Crippen molar-refractivity contribution < 1.29 is 0 Å². The van der Waals surface area contributed by atoms with Crippen LogP contribution >= 0.6 is 45.3 Å². The van der Waals surface area contributed by atoms with Gasteiger partial charge in [-0.25, -0.2) is 9.97 Å². The molecular weight excluding hydrogens is 391 g/mol. The summed E-state index contributed by atoms with van der Waals surface area (Å²) >= 11 is 5.28. The number of rotatable bonds is 2. The fourth-order valence-corrected chi connectivity index (χ4v) is 3.55. The summed E-state index contributed by atoms with van der Waals surface area (Å²) < 4.78 is 0.986. The first-order valence-electron chi connectivity index (χ1n) is 5.20. The Bertz CT molecular complexity index is 772. The summed E-state index contributed by atoms with van der Waals surface area (Å²) in [6.45, 7) is 0. The van der Waals surface area contributed by atoms with Crippen LogP contribution in [-0.4, -0.2) is 15.0 Å². The summed E-state index contributed by atoms with van der Waals surface area (Å²) in [5.41, 5.74) is 2.75. The van der Waals surface area contributed by atoms with Crippen molar-refractivity contribution in [3.8, 4) is 28.2 Å². The summed E-state index contributed by atoms with van der Waals surface area (Å²) in [6, 6.07) is 5.63. The van der Waals surface area contributed by atoms with Crippen LogP contribution in [0, 0.1) is 14.3 Å². The van der Waals surface area contributed by atoms with Crippen LogP contribution in [-0.2, 0) is 0 Å². The zero-order valence-electron chi connectivity index (χ0n) is 9.37. The number of thiazole rings is 2. The Morgan fingerprint density at radius 3 is 2.74 bits per heavy atom. The Balaban J connectivity index is 2.04. The number of nitrogens with zero attached hydrogens (tertiary/aromatic N) is 4. The third-order valence-corrected chi connectivity index (χ3v) is 4.87. The molecule has 0 aliphatic heterocycles. The van der Waals surface area contributed by atoms with E-state index in [4.69, 9.17) is 5.26 Å². The maximum Gasteiger partial charge on any atom is 0.154 e. The van der Waals surface area contributed by atoms with Crippen molar-refractivity contribution in [1.82, 2.24) is 15.0 Å². The van der Waals surface area contributed by atoms with Gasteiger partial charge in [0.05, 0.1) is 5.56 Å². The number of nitriles is 1. The molecule has 0 atom stereocenters. The smallest absolute Gasteiger partial charge is 0.154 e. The zero-order valence-corrected chi connectivity index (χ0v) is 13.2. The molecule has 3 heterocycles. The van der Waals surface area contributed by atoms with E-state index in [0.717, 1.165) is 19.4 Å². The molecule has 0 aromatic carbocycles. The van der Waals surface area contributed by atoms with Gasteiger partial charge in [0.25, 0.3) is 0 Å². The molecule has 19 heavy (non-hydrogen) atoms. The maximum atomic E-state index is 9.08. The largest absolute Gasteiger partial charge is 0.253 e. The number of pyridine rings is 1. The topological polar surface area (TPSA) is 62.5 Å². The highest BCUT2D eigenvalue weighted by Crippen LogP contribution is 2.30. The van der Waals surface area contributed by atoms with E-state index in [1.807, 2.05) is 10.8 Å². The summed E-state index contributed by atoms with van der Waals surface area (Å²) in [6.07, 6.45) is 1.67. The van der Waals surface area contributed by atoms with Crippen LogP contribution in [0.15, 0.2) is 29.1 Å². The first-order valence-corrected chi connectivity index (χ1v) is 8.04. The van der Waals surface area contributed by atoms with Crippen molar-refractivity contribution in [3.63, 3.8) is 0 Å². The van der Waals surface area contributed by atoms with Gasteiger partial charge in [0, 0.05) is 17.0 Å². The standard InChI is InChI=1S/C12H5IN4S2/c13-12-17-9(6-19-12)11-16-8(5-18-11)10-7(4-14)2-1-3-15-10/h1-3,5-6H. The predicted molar refractivity (Wildman–Crippen MR) is 83.9 cm³/mol. The molecule has 0 radical (unpaired) electrons. The van der Waals surface area contributed by atoms with E-state index in [0.29, 0.717) is 11.3 Å². The van der Waals surface area contributed by atoms with Crippen LogP contribution in [0.2, 0.25) is 0 Å². The molecule has 3 aromatic rings. The molecule has 0 aliphatic rings. The van der Waals surface area contributed by atoms with Crippen molar-refractivity contribution in [3.05, 3.63) is 37.7 Å². The Labute approximate surface area is 131 Å². The van der Waals surface area contributed by atoms with Gasteiger partial charge < -0.3 is 0 Å². The van der Waals surface area contributed by atoms with Crippen LogP contribution < -0.4 is 0 Å². The Morgan fingerprint density at radius 2 is 2.00 bits per heavy atom. The van der Waals surface area contributed by atoms with Crippen LogP contribution in [0.3, 0.4) is 0 Å². The lowest BCUT2D eigenvalue weighted by Crippen LogP contribution is -1.88. The average molecular weight is 396 g/mol. The van der Waals surface area contributed by atoms with E-state index in [9.17, 15) is 0 Å². The van der Waals surface area contributed by atoms with Gasteiger partial charge in [-0.3, -0.25) is 4.98 Å². The molecule has 3 aromatic heterocycles. The summed E-state index contributed by atoms with van der Waals surface area (Å²) in [5, 5.41) is 13.8. The van der Waals surface area contributed by atoms with E-state index >= 15 is 0 Å². The van der Waals surface area contributed by atoms with E-state index < -0.39 is 0 Å². The molecule has 0 fully saturated rings. The lowest BCUT2D eigenvalue weighted by atomic mass is 10.2. The molecule has 3 rings (SSSR count). The second-order valence-corrected chi connectivity index (χ2v) is 7.00. The number of hydrogen-bond acceptors (Lipinski definition) is 6. The van der Waals surface area contributed by atoms with Crippen LogP contribution in [0.25, 0.3) is 22.1 Å². The number of hydrogen-bond donors (Lipinski definition) is 0. The minimum atomic E-state index is 0.534. The fourth-order valence-electron chi connectivity index (χ4n) is 1.55. The minimum Gasteiger partial charge on any atom is -0.253 e. The molecule has 0 bridgehead atoms. The van der Waals surface area contributed by atoms with E-state index in [2.05, 4.69) is 43.6 Å². The monoisotopic (exact) mass is 396 g/mol. The zero-order chi connectivity index (χ0) is 13.2. The first-order chi connectivity index (χ1) is 9.28. The van der Waals surface area contributed by atoms with Crippen molar-refractivity contribution in [1.29, 1.82) is 5.26 Å². The van der Waals surface area contributed by atoms with Gasteiger partial charge in [0.2, 0.25) is 0 Å². The molecule has 0 spiro atoms. The fraction of sp³-hybridized carbons (Fsp3) is 0. The SMILES string of the molecule is N#Cc1cccnc1-c1csc(-c2csc(I)n2)n1. The molecule has 0 amide bonds. The van der Waals surface area contributed by atoms with Gasteiger partial charge in [-0.1, -0.05) is 0 Å². The van der Waals surface area contributed by atoms with Gasteiger partial charge in [-0.05, 0) is 34.7 Å². The van der Waals surface area contributed by atoms with E-state index in [1.165, 1.54) is 11.3 Å². The molecule has 0 saturated carbocycles. The lowest BCUT2D eigenvalue weighted by molar-refractivity contribution is 1.25. The summed E-state index contributed by atoms with van der Waals surface area (Å²) in [4.78, 5) is 13.2. The molecule has 0 aliphatic carbocycles. The molecule has 0 unspecified atom stereocenters. The highest BCUT2D eigenvalue weighted by atomic mass is 127. The molecule has 92 valence electrons. The van der Waals surface area contributed by atoms with Gasteiger partial charge in [0.1, 0.15) is 28.2 Å². The van der Waals surface area contributed by atoms with Crippen molar-refractivity contribution in [2.75, 3.05) is 0 Å². The minimum absolute atomic E-state index is 0.534. The van der Waals surface area contributed by atoms with Crippen molar-refractivity contribution in [2.45, 2.75) is 0 Å². The van der Waals surface area contributed by atoms with Crippen LogP contribution in [0.5, 0.6) is 0 Å². The molecular formula is C12H5IN4S2. The highest BCUT2D eigenvalue weighted by molar-refractivity contribution is 14.1. The normalized spacial score (nSPS) is 10.3. The van der Waals surface area contributed by atoms with Crippen LogP contribution in [0.1, 0.15) is 5.56 Å². The Kier molecular flexibility index (Phi) is 3.54. The molecule has 7 heteroatoms. The Hall–Kier alpha value is -1.37. The Morgan fingerprint density at radius 1 is 1.16 bits per heavy atom. The van der Waals surface area contributed by atoms with Gasteiger partial charge >= 0.3 is 0 Å². The van der Waals surface area contributed by atoms with Gasteiger partial charge in [-0.2, -0.15) is 5.26 Å². The van der Waals surface area contributed by atoms with Crippen molar-refractivity contribution >= 4 is 45.3 Å². The van der Waals surface area contributed by atoms with E-state index in [1.54, 1.807) is 29.7 Å². The highest BCUT2D eigenvalue weighted by Gasteiger charge is 2.12. The van der Waals surface area contributed by atoms with Gasteiger partial charge in [0.15, 0.2) is 3.01 Å². The number of halogens is 1. The number of aromatic nitrogens is 3. The van der Waals surface area contributed by atoms with Crippen LogP contribution in [0.4, 0.5) is 0 Å². The molecule has 0 N–H and O–H groups in total. The average Bonchev–Trinajstić information content (AvgIpc) is 3.07. The third-order valence-electron chi connectivity index (χ3n) is 2.37. The molecule has 0 saturated heterocycles. The lowest BCUT2D eigenvalue weighted by Gasteiger charge is -1.97. The second-order valence-electron chi connectivity index (χ2n) is 3.53. The van der Waals surface area contributed by atoms with E-state index in [-0.39, 0.29) is 0 Å². The van der Waals surface area contributed by atoms with Gasteiger partial charge in [-0.15, -0.1) is 22.7 Å². The summed E-state index contributed by atoms with van der Waals surface area (Å²) in [7, 11) is 0. The summed E-state index contributed by atoms with van der Waals surface area (Å²) in [5.74, 6) is 0. The third kappa shape index (κ3) is 2.51. The maximum absolute atomic E-state index is 9.08. The predicted octanol–water partition coefficient (Wildman–Crippen LogP) is 3.80. The quantitative estimate of drug-likeness (QED) is 0.619. The first kappa shape index (κ1) is 12.7. The molecule has 4 nitrogen and oxygen atoms in total. The second kappa shape index (κ2) is 5.32.